The predicted molar refractivity (Wildman–Crippen MR) is 101 cm³/mol. The number of sulfonamides is 1. The van der Waals surface area contributed by atoms with Gasteiger partial charge in [0.2, 0.25) is 10.0 Å². The van der Waals surface area contributed by atoms with Crippen molar-refractivity contribution in [3.05, 3.63) is 59.3 Å². The fourth-order valence-electron chi connectivity index (χ4n) is 3.09. The molecule has 0 bridgehead atoms. The highest BCUT2D eigenvalue weighted by atomic mass is 32.2. The Morgan fingerprint density at radius 3 is 2.54 bits per heavy atom. The smallest absolute Gasteiger partial charge is 0.218 e. The second-order valence-electron chi connectivity index (χ2n) is 6.53. The summed E-state index contributed by atoms with van der Waals surface area (Å²) in [6.07, 6.45) is 1.43. The van der Waals surface area contributed by atoms with Gasteiger partial charge >= 0.3 is 0 Å². The number of anilines is 1. The standard InChI is InChI=1S/C19H22N4O2S/c1-15-7-8-19(22-18(15)13-20)21-17-9-11-23(12-10-17)26(24,25)14-16-5-3-2-4-6-16/h2-8,17H,9-12,14H2,1H3,(H,21,22). The number of benzene rings is 1. The van der Waals surface area contributed by atoms with E-state index >= 15 is 0 Å². The Bertz CT molecular complexity index is 899. The van der Waals surface area contributed by atoms with Crippen LogP contribution in [0.25, 0.3) is 0 Å². The number of nitrogens with zero attached hydrogens (tertiary/aromatic N) is 3. The minimum absolute atomic E-state index is 0.0387. The second-order valence-corrected chi connectivity index (χ2v) is 8.50. The summed E-state index contributed by atoms with van der Waals surface area (Å²) >= 11 is 0. The molecule has 0 radical (unpaired) electrons. The summed E-state index contributed by atoms with van der Waals surface area (Å²) < 4.78 is 26.8. The maximum absolute atomic E-state index is 12.6. The molecule has 2 heterocycles. The van der Waals surface area contributed by atoms with Crippen LogP contribution in [0.4, 0.5) is 5.82 Å². The number of aromatic nitrogens is 1. The Hall–Kier alpha value is -2.43. The fourth-order valence-corrected chi connectivity index (χ4v) is 4.65. The van der Waals surface area contributed by atoms with E-state index < -0.39 is 10.0 Å². The number of pyridine rings is 1. The Morgan fingerprint density at radius 2 is 1.88 bits per heavy atom. The average molecular weight is 370 g/mol. The van der Waals surface area contributed by atoms with Crippen LogP contribution in [0.1, 0.15) is 29.7 Å². The van der Waals surface area contributed by atoms with Gasteiger partial charge < -0.3 is 5.32 Å². The lowest BCUT2D eigenvalue weighted by atomic mass is 10.1. The van der Waals surface area contributed by atoms with Crippen LogP contribution in [0.15, 0.2) is 42.5 Å². The quantitative estimate of drug-likeness (QED) is 0.874. The van der Waals surface area contributed by atoms with Crippen molar-refractivity contribution in [2.45, 2.75) is 31.6 Å². The van der Waals surface area contributed by atoms with Gasteiger partial charge in [0.15, 0.2) is 0 Å². The van der Waals surface area contributed by atoms with Crippen molar-refractivity contribution in [1.29, 1.82) is 5.26 Å². The number of nitrogens with one attached hydrogen (secondary N) is 1. The number of aryl methyl sites for hydroxylation is 1. The summed E-state index contributed by atoms with van der Waals surface area (Å²) in [7, 11) is -3.30. The molecule has 136 valence electrons. The lowest BCUT2D eigenvalue weighted by molar-refractivity contribution is 0.329. The van der Waals surface area contributed by atoms with E-state index in [-0.39, 0.29) is 11.8 Å². The molecule has 0 unspecified atom stereocenters. The van der Waals surface area contributed by atoms with Gasteiger partial charge in [-0.15, -0.1) is 0 Å². The normalized spacial score (nSPS) is 16.2. The summed E-state index contributed by atoms with van der Waals surface area (Å²) in [6.45, 7) is 2.83. The zero-order valence-electron chi connectivity index (χ0n) is 14.7. The van der Waals surface area contributed by atoms with Gasteiger partial charge in [-0.25, -0.2) is 17.7 Å². The van der Waals surface area contributed by atoms with Gasteiger partial charge in [0, 0.05) is 19.1 Å². The van der Waals surface area contributed by atoms with E-state index in [9.17, 15) is 8.42 Å². The van der Waals surface area contributed by atoms with Crippen LogP contribution in [0.2, 0.25) is 0 Å². The first-order chi connectivity index (χ1) is 12.5. The molecule has 0 saturated carbocycles. The van der Waals surface area contributed by atoms with E-state index in [1.54, 1.807) is 4.31 Å². The second kappa shape index (κ2) is 7.85. The minimum atomic E-state index is -3.30. The Kier molecular flexibility index (Phi) is 5.55. The maximum atomic E-state index is 12.6. The largest absolute Gasteiger partial charge is 0.367 e. The topological polar surface area (TPSA) is 86.1 Å². The Balaban J connectivity index is 1.58. The van der Waals surface area contributed by atoms with Gasteiger partial charge in [-0.1, -0.05) is 36.4 Å². The van der Waals surface area contributed by atoms with Crippen LogP contribution in [-0.2, 0) is 15.8 Å². The van der Waals surface area contributed by atoms with Crippen molar-refractivity contribution in [3.8, 4) is 6.07 Å². The third-order valence-corrected chi connectivity index (χ3v) is 6.44. The average Bonchev–Trinajstić information content (AvgIpc) is 2.64. The Morgan fingerprint density at radius 1 is 1.19 bits per heavy atom. The molecule has 0 aliphatic carbocycles. The van der Waals surface area contributed by atoms with Crippen LogP contribution >= 0.6 is 0 Å². The number of hydrogen-bond acceptors (Lipinski definition) is 5. The Labute approximate surface area is 154 Å². The predicted octanol–water partition coefficient (Wildman–Crippen LogP) is 2.67. The van der Waals surface area contributed by atoms with Crippen molar-refractivity contribution in [1.82, 2.24) is 9.29 Å². The van der Waals surface area contributed by atoms with Gasteiger partial charge in [-0.3, -0.25) is 0 Å². The van der Waals surface area contributed by atoms with Crippen LogP contribution < -0.4 is 5.32 Å². The lowest BCUT2D eigenvalue weighted by Gasteiger charge is -2.32. The maximum Gasteiger partial charge on any atom is 0.218 e. The first-order valence-electron chi connectivity index (χ1n) is 8.64. The zero-order chi connectivity index (χ0) is 18.6. The van der Waals surface area contributed by atoms with E-state index in [1.807, 2.05) is 49.4 Å². The molecule has 1 fully saturated rings. The molecule has 1 aromatic heterocycles. The molecule has 1 aliphatic rings. The van der Waals surface area contributed by atoms with E-state index in [2.05, 4.69) is 16.4 Å². The van der Waals surface area contributed by atoms with Gasteiger partial charge in [-0.05, 0) is 37.0 Å². The molecule has 0 amide bonds. The van der Waals surface area contributed by atoms with Crippen LogP contribution in [-0.4, -0.2) is 36.8 Å². The zero-order valence-corrected chi connectivity index (χ0v) is 15.5. The molecule has 1 aromatic carbocycles. The van der Waals surface area contributed by atoms with Crippen LogP contribution in [0.5, 0.6) is 0 Å². The van der Waals surface area contributed by atoms with Gasteiger partial charge in [0.25, 0.3) is 0 Å². The van der Waals surface area contributed by atoms with Crippen molar-refractivity contribution in [2.24, 2.45) is 0 Å². The molecule has 1 saturated heterocycles. The molecule has 3 rings (SSSR count). The molecule has 2 aromatic rings. The number of hydrogen-bond donors (Lipinski definition) is 1. The first-order valence-corrected chi connectivity index (χ1v) is 10.2. The monoisotopic (exact) mass is 370 g/mol. The highest BCUT2D eigenvalue weighted by molar-refractivity contribution is 7.88. The van der Waals surface area contributed by atoms with Crippen LogP contribution in [0.3, 0.4) is 0 Å². The molecule has 0 spiro atoms. The van der Waals surface area contributed by atoms with Crippen molar-refractivity contribution >= 4 is 15.8 Å². The number of piperidine rings is 1. The van der Waals surface area contributed by atoms with Crippen molar-refractivity contribution in [2.75, 3.05) is 18.4 Å². The molecule has 0 atom stereocenters. The molecule has 1 N–H and O–H groups in total. The summed E-state index contributed by atoms with van der Waals surface area (Å²) in [5.41, 5.74) is 2.07. The molecule has 7 heteroatoms. The van der Waals surface area contributed by atoms with E-state index in [4.69, 9.17) is 5.26 Å². The summed E-state index contributed by atoms with van der Waals surface area (Å²) in [4.78, 5) is 4.30. The third-order valence-electron chi connectivity index (χ3n) is 4.59. The van der Waals surface area contributed by atoms with Gasteiger partial charge in [0.05, 0.1) is 5.75 Å². The van der Waals surface area contributed by atoms with Crippen molar-refractivity contribution in [3.63, 3.8) is 0 Å². The van der Waals surface area contributed by atoms with Crippen molar-refractivity contribution < 1.29 is 8.42 Å². The number of rotatable bonds is 5. The summed E-state index contributed by atoms with van der Waals surface area (Å²) in [5.74, 6) is 0.703. The number of nitriles is 1. The summed E-state index contributed by atoms with van der Waals surface area (Å²) in [6, 6.07) is 15.2. The van der Waals surface area contributed by atoms with E-state index in [1.165, 1.54) is 0 Å². The van der Waals surface area contributed by atoms with Gasteiger partial charge in [0.1, 0.15) is 17.6 Å². The molecule has 6 nitrogen and oxygen atoms in total. The first kappa shape index (κ1) is 18.4. The fraction of sp³-hybridized carbons (Fsp3) is 0.368. The molecule has 26 heavy (non-hydrogen) atoms. The molecular formula is C19H22N4O2S. The van der Waals surface area contributed by atoms with Gasteiger partial charge in [-0.2, -0.15) is 5.26 Å². The van der Waals surface area contributed by atoms with Crippen LogP contribution in [0, 0.1) is 18.3 Å². The third kappa shape index (κ3) is 4.40. The highest BCUT2D eigenvalue weighted by Gasteiger charge is 2.28. The summed E-state index contributed by atoms with van der Waals surface area (Å²) in [5, 5.41) is 12.4. The SMILES string of the molecule is Cc1ccc(NC2CCN(S(=O)(=O)Cc3ccccc3)CC2)nc1C#N. The molecule has 1 aliphatic heterocycles. The molecular weight excluding hydrogens is 348 g/mol. The highest BCUT2D eigenvalue weighted by Crippen LogP contribution is 2.20. The minimum Gasteiger partial charge on any atom is -0.367 e. The van der Waals surface area contributed by atoms with E-state index in [0.29, 0.717) is 37.4 Å². The van der Waals surface area contributed by atoms with E-state index in [0.717, 1.165) is 11.1 Å². The lowest BCUT2D eigenvalue weighted by Crippen LogP contribution is -2.42.